The lowest BCUT2D eigenvalue weighted by Crippen LogP contribution is -2.61. The maximum Gasteiger partial charge on any atom is 0.407 e. The third-order valence-electron chi connectivity index (χ3n) is 3.84. The molecule has 1 N–H and O–H groups in total. The second-order valence-electron chi connectivity index (χ2n) is 5.80. The van der Waals surface area contributed by atoms with E-state index in [4.69, 9.17) is 0 Å². The fourth-order valence-corrected chi connectivity index (χ4v) is 2.78. The summed E-state index contributed by atoms with van der Waals surface area (Å²) in [6, 6.07) is 7.59. The summed E-state index contributed by atoms with van der Waals surface area (Å²) in [6.07, 6.45) is -0.949. The predicted molar refractivity (Wildman–Crippen MR) is 75.1 cm³/mol. The maximum atomic E-state index is 13.0. The average molecular weight is 291 g/mol. The van der Waals surface area contributed by atoms with Crippen LogP contribution in [0.25, 0.3) is 0 Å². The zero-order valence-electron chi connectivity index (χ0n) is 12.1. The lowest BCUT2D eigenvalue weighted by molar-refractivity contribution is 0.0166. The van der Waals surface area contributed by atoms with E-state index in [9.17, 15) is 19.6 Å². The number of benzene rings is 1. The van der Waals surface area contributed by atoms with Crippen LogP contribution in [0.4, 0.5) is 9.18 Å². The van der Waals surface area contributed by atoms with Gasteiger partial charge < -0.3 is 10.0 Å². The van der Waals surface area contributed by atoms with Crippen molar-refractivity contribution >= 4 is 6.09 Å². The summed E-state index contributed by atoms with van der Waals surface area (Å²) in [5, 5.41) is 18.6. The van der Waals surface area contributed by atoms with Gasteiger partial charge in [0.15, 0.2) is 0 Å². The maximum absolute atomic E-state index is 13.0. The van der Waals surface area contributed by atoms with Crippen LogP contribution in [0, 0.1) is 17.1 Å². The molecule has 0 spiro atoms. The van der Waals surface area contributed by atoms with Crippen molar-refractivity contribution in [1.82, 2.24) is 9.80 Å². The Hall–Kier alpha value is -2.13. The lowest BCUT2D eigenvalue weighted by atomic mass is 9.96. The minimum atomic E-state index is -0.949. The third kappa shape index (κ3) is 3.14. The molecule has 1 aromatic carbocycles. The zero-order valence-corrected chi connectivity index (χ0v) is 12.1. The monoisotopic (exact) mass is 291 g/mol. The summed E-state index contributed by atoms with van der Waals surface area (Å²) in [6.45, 7) is 4.96. The highest BCUT2D eigenvalue weighted by atomic mass is 19.1. The van der Waals surface area contributed by atoms with Gasteiger partial charge in [-0.25, -0.2) is 9.18 Å². The molecule has 1 aromatic rings. The number of nitrogens with zero attached hydrogens (tertiary/aromatic N) is 3. The van der Waals surface area contributed by atoms with Crippen molar-refractivity contribution < 1.29 is 14.3 Å². The smallest absolute Gasteiger partial charge is 0.407 e. The number of halogens is 1. The van der Waals surface area contributed by atoms with E-state index in [1.54, 1.807) is 12.1 Å². The van der Waals surface area contributed by atoms with E-state index >= 15 is 0 Å². The Labute approximate surface area is 123 Å². The number of amides is 1. The molecule has 112 valence electrons. The first-order valence-electron chi connectivity index (χ1n) is 6.75. The largest absolute Gasteiger partial charge is 0.465 e. The van der Waals surface area contributed by atoms with Crippen LogP contribution in [0.2, 0.25) is 0 Å². The van der Waals surface area contributed by atoms with Gasteiger partial charge in [0.25, 0.3) is 0 Å². The van der Waals surface area contributed by atoms with Crippen LogP contribution >= 0.6 is 0 Å². The Balaban J connectivity index is 2.20. The van der Waals surface area contributed by atoms with Gasteiger partial charge in [0.2, 0.25) is 0 Å². The number of hydrogen-bond donors (Lipinski definition) is 1. The summed E-state index contributed by atoms with van der Waals surface area (Å²) in [7, 11) is 0. The van der Waals surface area contributed by atoms with Gasteiger partial charge in [0.1, 0.15) is 11.9 Å². The van der Waals surface area contributed by atoms with Crippen molar-refractivity contribution in [1.29, 1.82) is 5.26 Å². The second kappa shape index (κ2) is 5.70. The minimum Gasteiger partial charge on any atom is -0.465 e. The summed E-state index contributed by atoms with van der Waals surface area (Å²) in [4.78, 5) is 14.6. The molecule has 1 fully saturated rings. The number of carbonyl (C=O) groups is 1. The molecule has 2 rings (SSSR count). The topological polar surface area (TPSA) is 67.6 Å². The first kappa shape index (κ1) is 15.3. The lowest BCUT2D eigenvalue weighted by Gasteiger charge is -2.46. The van der Waals surface area contributed by atoms with Crippen LogP contribution in [0.3, 0.4) is 0 Å². The van der Waals surface area contributed by atoms with Crippen LogP contribution in [-0.4, -0.2) is 46.2 Å². The standard InChI is InChI=1S/C15H18FN3O2/c1-15(2)10-18(7-8-19(15)14(20)21)13(9-17)11-3-5-12(16)6-4-11/h3-6,13H,7-8,10H2,1-2H3,(H,20,21). The SMILES string of the molecule is CC1(C)CN(C(C#N)c2ccc(F)cc2)CCN1C(=O)O. The summed E-state index contributed by atoms with van der Waals surface area (Å²) in [5.41, 5.74) is 0.151. The van der Waals surface area contributed by atoms with E-state index in [1.165, 1.54) is 17.0 Å². The van der Waals surface area contributed by atoms with Gasteiger partial charge in [-0.15, -0.1) is 0 Å². The fourth-order valence-electron chi connectivity index (χ4n) is 2.78. The van der Waals surface area contributed by atoms with Crippen molar-refractivity contribution in [2.45, 2.75) is 25.4 Å². The van der Waals surface area contributed by atoms with Crippen LogP contribution in [0.15, 0.2) is 24.3 Å². The molecule has 1 aliphatic rings. The molecular formula is C15H18FN3O2. The number of rotatable bonds is 2. The van der Waals surface area contributed by atoms with E-state index < -0.39 is 17.7 Å². The van der Waals surface area contributed by atoms with E-state index in [0.29, 0.717) is 19.6 Å². The molecule has 0 aromatic heterocycles. The van der Waals surface area contributed by atoms with E-state index in [0.717, 1.165) is 5.56 Å². The van der Waals surface area contributed by atoms with Crippen molar-refractivity contribution in [2.75, 3.05) is 19.6 Å². The number of hydrogen-bond acceptors (Lipinski definition) is 3. The van der Waals surface area contributed by atoms with Gasteiger partial charge in [-0.05, 0) is 31.5 Å². The first-order chi connectivity index (χ1) is 9.85. The molecule has 1 aliphatic heterocycles. The molecule has 5 nitrogen and oxygen atoms in total. The van der Waals surface area contributed by atoms with Gasteiger partial charge in [-0.1, -0.05) is 12.1 Å². The summed E-state index contributed by atoms with van der Waals surface area (Å²) < 4.78 is 13.0. The van der Waals surface area contributed by atoms with Crippen LogP contribution < -0.4 is 0 Å². The molecule has 1 unspecified atom stereocenters. The molecule has 0 radical (unpaired) electrons. The van der Waals surface area contributed by atoms with Crippen LogP contribution in [-0.2, 0) is 0 Å². The Kier molecular flexibility index (Phi) is 4.14. The summed E-state index contributed by atoms with van der Waals surface area (Å²) >= 11 is 0. The molecule has 1 atom stereocenters. The highest BCUT2D eigenvalue weighted by molar-refractivity contribution is 5.66. The minimum absolute atomic E-state index is 0.341. The zero-order chi connectivity index (χ0) is 15.6. The van der Waals surface area contributed by atoms with Crippen molar-refractivity contribution in [3.8, 4) is 6.07 Å². The second-order valence-corrected chi connectivity index (χ2v) is 5.80. The van der Waals surface area contributed by atoms with Crippen molar-refractivity contribution in [3.05, 3.63) is 35.6 Å². The van der Waals surface area contributed by atoms with Crippen molar-refractivity contribution in [3.63, 3.8) is 0 Å². The number of piperazine rings is 1. The Morgan fingerprint density at radius 1 is 1.38 bits per heavy atom. The molecule has 6 heteroatoms. The molecule has 1 saturated heterocycles. The van der Waals surface area contributed by atoms with Gasteiger partial charge in [-0.2, -0.15) is 5.26 Å². The molecule has 1 amide bonds. The normalized spacial score (nSPS) is 19.8. The Morgan fingerprint density at radius 2 is 2.00 bits per heavy atom. The molecular weight excluding hydrogens is 273 g/mol. The fraction of sp³-hybridized carbons (Fsp3) is 0.467. The molecule has 21 heavy (non-hydrogen) atoms. The van der Waals surface area contributed by atoms with Crippen LogP contribution in [0.5, 0.6) is 0 Å². The molecule has 0 saturated carbocycles. The van der Waals surface area contributed by atoms with Crippen molar-refractivity contribution in [2.24, 2.45) is 0 Å². The van der Waals surface area contributed by atoms with Gasteiger partial charge in [-0.3, -0.25) is 4.90 Å². The Morgan fingerprint density at radius 3 is 2.48 bits per heavy atom. The number of nitriles is 1. The van der Waals surface area contributed by atoms with Gasteiger partial charge >= 0.3 is 6.09 Å². The molecule has 1 heterocycles. The first-order valence-corrected chi connectivity index (χ1v) is 6.75. The Bertz CT molecular complexity index is 565. The van der Waals surface area contributed by atoms with E-state index in [2.05, 4.69) is 6.07 Å². The highest BCUT2D eigenvalue weighted by Crippen LogP contribution is 2.28. The van der Waals surface area contributed by atoms with E-state index in [-0.39, 0.29) is 5.82 Å². The van der Waals surface area contributed by atoms with E-state index in [1.807, 2.05) is 18.7 Å². The van der Waals surface area contributed by atoms with Gasteiger partial charge in [0, 0.05) is 19.6 Å². The third-order valence-corrected chi connectivity index (χ3v) is 3.84. The number of carboxylic acid groups (broad SMARTS) is 1. The quantitative estimate of drug-likeness (QED) is 0.909. The summed E-state index contributed by atoms with van der Waals surface area (Å²) in [5.74, 6) is -0.341. The highest BCUT2D eigenvalue weighted by Gasteiger charge is 2.39. The van der Waals surface area contributed by atoms with Crippen LogP contribution in [0.1, 0.15) is 25.5 Å². The molecule has 0 bridgehead atoms. The predicted octanol–water partition coefficient (Wildman–Crippen LogP) is 2.46. The van der Waals surface area contributed by atoms with Gasteiger partial charge in [0.05, 0.1) is 11.6 Å². The average Bonchev–Trinajstić information content (AvgIpc) is 2.40. The molecule has 0 aliphatic carbocycles.